The number of hydrogen-bond donors (Lipinski definition) is 1. The molecular weight excluding hydrogens is 248 g/mol. The molecule has 0 saturated carbocycles. The third-order valence-electron chi connectivity index (χ3n) is 3.55. The SMILES string of the molecule is NCC1=NN(Cc2ccccc2)C(c2cccnc2)C1. The quantitative estimate of drug-likeness (QED) is 0.924. The third-order valence-corrected chi connectivity index (χ3v) is 3.55. The van der Waals surface area contributed by atoms with Crippen LogP contribution in [0.2, 0.25) is 0 Å². The summed E-state index contributed by atoms with van der Waals surface area (Å²) in [7, 11) is 0. The molecule has 1 aliphatic heterocycles. The summed E-state index contributed by atoms with van der Waals surface area (Å²) >= 11 is 0. The van der Waals surface area contributed by atoms with Gasteiger partial charge in [-0.15, -0.1) is 0 Å². The van der Waals surface area contributed by atoms with Crippen molar-refractivity contribution in [2.75, 3.05) is 6.54 Å². The van der Waals surface area contributed by atoms with E-state index in [1.807, 2.05) is 18.3 Å². The summed E-state index contributed by atoms with van der Waals surface area (Å²) < 4.78 is 0. The fourth-order valence-corrected chi connectivity index (χ4v) is 2.52. The van der Waals surface area contributed by atoms with Crippen LogP contribution >= 0.6 is 0 Å². The molecule has 0 bridgehead atoms. The van der Waals surface area contributed by atoms with Crippen LogP contribution in [0.1, 0.15) is 23.6 Å². The molecule has 1 unspecified atom stereocenters. The molecule has 4 nitrogen and oxygen atoms in total. The molecule has 4 heteroatoms. The van der Waals surface area contributed by atoms with Crippen LogP contribution in [0.25, 0.3) is 0 Å². The van der Waals surface area contributed by atoms with Crippen molar-refractivity contribution < 1.29 is 0 Å². The molecule has 3 rings (SSSR count). The third kappa shape index (κ3) is 2.70. The number of pyridine rings is 1. The number of hydrogen-bond acceptors (Lipinski definition) is 4. The van der Waals surface area contributed by atoms with Gasteiger partial charge in [0.25, 0.3) is 0 Å². The van der Waals surface area contributed by atoms with Gasteiger partial charge in [0.05, 0.1) is 18.3 Å². The molecule has 0 saturated heterocycles. The van der Waals surface area contributed by atoms with Gasteiger partial charge in [-0.05, 0) is 17.2 Å². The first kappa shape index (κ1) is 12.8. The Morgan fingerprint density at radius 1 is 1.15 bits per heavy atom. The molecule has 1 aromatic carbocycles. The Morgan fingerprint density at radius 3 is 2.70 bits per heavy atom. The summed E-state index contributed by atoms with van der Waals surface area (Å²) in [5.41, 5.74) is 9.25. The number of nitrogens with two attached hydrogens (primary N) is 1. The second-order valence-electron chi connectivity index (χ2n) is 4.96. The zero-order valence-corrected chi connectivity index (χ0v) is 11.3. The molecule has 2 heterocycles. The van der Waals surface area contributed by atoms with Gasteiger partial charge in [0.1, 0.15) is 0 Å². The van der Waals surface area contributed by atoms with Crippen molar-refractivity contribution in [1.82, 2.24) is 9.99 Å². The second-order valence-corrected chi connectivity index (χ2v) is 4.96. The normalized spacial score (nSPS) is 18.1. The first-order valence-electron chi connectivity index (χ1n) is 6.83. The van der Waals surface area contributed by atoms with Crippen LogP contribution in [0.5, 0.6) is 0 Å². The maximum atomic E-state index is 5.76. The molecule has 0 fully saturated rings. The molecule has 102 valence electrons. The van der Waals surface area contributed by atoms with Gasteiger partial charge >= 0.3 is 0 Å². The Bertz CT molecular complexity index is 580. The summed E-state index contributed by atoms with van der Waals surface area (Å²) in [6, 6.07) is 14.7. The van der Waals surface area contributed by atoms with Gasteiger partial charge in [0.2, 0.25) is 0 Å². The summed E-state index contributed by atoms with van der Waals surface area (Å²) in [4.78, 5) is 4.21. The number of rotatable bonds is 4. The Morgan fingerprint density at radius 2 is 2.00 bits per heavy atom. The molecule has 0 spiro atoms. The van der Waals surface area contributed by atoms with E-state index in [0.29, 0.717) is 6.54 Å². The van der Waals surface area contributed by atoms with E-state index in [1.54, 1.807) is 6.20 Å². The zero-order chi connectivity index (χ0) is 13.8. The Labute approximate surface area is 118 Å². The Kier molecular flexibility index (Phi) is 3.74. The van der Waals surface area contributed by atoms with Crippen molar-refractivity contribution in [3.05, 3.63) is 66.0 Å². The number of nitrogens with zero attached hydrogens (tertiary/aromatic N) is 3. The average Bonchev–Trinajstić information content (AvgIpc) is 2.92. The number of aromatic nitrogens is 1. The predicted octanol–water partition coefficient (Wildman–Crippen LogP) is 2.34. The van der Waals surface area contributed by atoms with Crippen molar-refractivity contribution in [2.24, 2.45) is 10.8 Å². The standard InChI is InChI=1S/C16H18N4/c17-10-15-9-16(14-7-4-8-18-11-14)20(19-15)12-13-5-2-1-3-6-13/h1-8,11,16H,9-10,12,17H2. The highest BCUT2D eigenvalue weighted by molar-refractivity contribution is 5.88. The molecule has 0 radical (unpaired) electrons. The first-order chi connectivity index (χ1) is 9.86. The van der Waals surface area contributed by atoms with Gasteiger partial charge in [-0.3, -0.25) is 9.99 Å². The molecule has 0 amide bonds. The van der Waals surface area contributed by atoms with E-state index in [1.165, 1.54) is 11.1 Å². The highest BCUT2D eigenvalue weighted by Crippen LogP contribution is 2.31. The molecule has 20 heavy (non-hydrogen) atoms. The van der Waals surface area contributed by atoms with E-state index in [-0.39, 0.29) is 6.04 Å². The van der Waals surface area contributed by atoms with Crippen LogP contribution in [0, 0.1) is 0 Å². The molecule has 1 aliphatic rings. The summed E-state index contributed by atoms with van der Waals surface area (Å²) in [5.74, 6) is 0. The number of benzene rings is 1. The maximum Gasteiger partial charge on any atom is 0.0792 e. The largest absolute Gasteiger partial charge is 0.325 e. The number of hydrazone groups is 1. The van der Waals surface area contributed by atoms with E-state index in [2.05, 4.69) is 45.4 Å². The van der Waals surface area contributed by atoms with Crippen LogP contribution in [0.15, 0.2) is 60.0 Å². The summed E-state index contributed by atoms with van der Waals surface area (Å²) in [6.45, 7) is 1.31. The lowest BCUT2D eigenvalue weighted by atomic mass is 10.0. The predicted molar refractivity (Wildman–Crippen MR) is 80.1 cm³/mol. The molecule has 0 aliphatic carbocycles. The van der Waals surface area contributed by atoms with Crippen LogP contribution in [-0.2, 0) is 6.54 Å². The fraction of sp³-hybridized carbons (Fsp3) is 0.250. The minimum Gasteiger partial charge on any atom is -0.325 e. The summed E-state index contributed by atoms with van der Waals surface area (Å²) in [5, 5.41) is 6.78. The smallest absolute Gasteiger partial charge is 0.0792 e. The Hall–Kier alpha value is -2.20. The van der Waals surface area contributed by atoms with Gasteiger partial charge in [0.15, 0.2) is 0 Å². The van der Waals surface area contributed by atoms with Crippen molar-refractivity contribution in [3.63, 3.8) is 0 Å². The van der Waals surface area contributed by atoms with Gasteiger partial charge in [0, 0.05) is 25.4 Å². The topological polar surface area (TPSA) is 54.5 Å². The van der Waals surface area contributed by atoms with E-state index in [4.69, 9.17) is 5.73 Å². The van der Waals surface area contributed by atoms with Gasteiger partial charge in [-0.2, -0.15) is 5.10 Å². The average molecular weight is 266 g/mol. The highest BCUT2D eigenvalue weighted by atomic mass is 15.5. The highest BCUT2D eigenvalue weighted by Gasteiger charge is 2.27. The van der Waals surface area contributed by atoms with E-state index >= 15 is 0 Å². The Balaban J connectivity index is 1.83. The van der Waals surface area contributed by atoms with Gasteiger partial charge in [-0.1, -0.05) is 36.4 Å². The molecule has 2 N–H and O–H groups in total. The lowest BCUT2D eigenvalue weighted by Crippen LogP contribution is -2.19. The van der Waals surface area contributed by atoms with Crippen LogP contribution in [-0.4, -0.2) is 22.2 Å². The second kappa shape index (κ2) is 5.84. The van der Waals surface area contributed by atoms with Gasteiger partial charge < -0.3 is 5.73 Å². The molecule has 1 atom stereocenters. The van der Waals surface area contributed by atoms with Crippen LogP contribution in [0.3, 0.4) is 0 Å². The summed E-state index contributed by atoms with van der Waals surface area (Å²) in [6.07, 6.45) is 4.59. The minimum atomic E-state index is 0.238. The maximum absolute atomic E-state index is 5.76. The minimum absolute atomic E-state index is 0.238. The van der Waals surface area contributed by atoms with Crippen LogP contribution < -0.4 is 5.73 Å². The monoisotopic (exact) mass is 266 g/mol. The molecule has 2 aromatic rings. The lowest BCUT2D eigenvalue weighted by Gasteiger charge is -2.23. The zero-order valence-electron chi connectivity index (χ0n) is 11.3. The van der Waals surface area contributed by atoms with E-state index < -0.39 is 0 Å². The van der Waals surface area contributed by atoms with Crippen molar-refractivity contribution in [3.8, 4) is 0 Å². The fourth-order valence-electron chi connectivity index (χ4n) is 2.52. The van der Waals surface area contributed by atoms with Gasteiger partial charge in [-0.25, -0.2) is 0 Å². The van der Waals surface area contributed by atoms with Crippen molar-refractivity contribution >= 4 is 5.71 Å². The van der Waals surface area contributed by atoms with Crippen LogP contribution in [0.4, 0.5) is 0 Å². The first-order valence-corrected chi connectivity index (χ1v) is 6.83. The van der Waals surface area contributed by atoms with E-state index in [9.17, 15) is 0 Å². The van der Waals surface area contributed by atoms with Crippen molar-refractivity contribution in [2.45, 2.75) is 19.0 Å². The van der Waals surface area contributed by atoms with E-state index in [0.717, 1.165) is 18.7 Å². The lowest BCUT2D eigenvalue weighted by molar-refractivity contribution is 0.224. The molecular formula is C16H18N4. The van der Waals surface area contributed by atoms with Crippen molar-refractivity contribution in [1.29, 1.82) is 0 Å². The molecule has 1 aromatic heterocycles.